The Kier molecular flexibility index (Phi) is 5.23. The summed E-state index contributed by atoms with van der Waals surface area (Å²) in [4.78, 5) is 14.7. The molecule has 3 rings (SSSR count). The number of benzene rings is 2. The number of hydrogen-bond acceptors (Lipinski definition) is 4. The number of carbonyl (C=O) groups excluding carboxylic acids is 1. The van der Waals surface area contributed by atoms with Crippen LogP contribution in [0.25, 0.3) is 6.08 Å². The fourth-order valence-corrected chi connectivity index (χ4v) is 3.68. The van der Waals surface area contributed by atoms with E-state index in [1.54, 1.807) is 11.0 Å². The number of nitrogens with one attached hydrogen (secondary N) is 1. The van der Waals surface area contributed by atoms with Gasteiger partial charge in [0.2, 0.25) is 0 Å². The molecular weight excluding hydrogens is 360 g/mol. The van der Waals surface area contributed by atoms with Crippen LogP contribution in [0.3, 0.4) is 0 Å². The van der Waals surface area contributed by atoms with Crippen LogP contribution in [0, 0.1) is 6.92 Å². The van der Waals surface area contributed by atoms with Gasteiger partial charge in [-0.25, -0.2) is 0 Å². The highest BCUT2D eigenvalue weighted by molar-refractivity contribution is 8.26. The maximum Gasteiger partial charge on any atom is 0.267 e. The van der Waals surface area contributed by atoms with E-state index in [4.69, 9.17) is 23.8 Å². The van der Waals surface area contributed by atoms with E-state index in [0.717, 1.165) is 11.3 Å². The zero-order valence-corrected chi connectivity index (χ0v) is 15.3. The molecule has 6 heteroatoms. The van der Waals surface area contributed by atoms with Gasteiger partial charge in [0.15, 0.2) is 0 Å². The third-order valence-corrected chi connectivity index (χ3v) is 5.13. The number of nitrogens with zero attached hydrogens (tertiary/aromatic N) is 1. The van der Waals surface area contributed by atoms with Gasteiger partial charge in [0.1, 0.15) is 4.32 Å². The molecule has 0 unspecified atom stereocenters. The second-order valence-corrected chi connectivity index (χ2v) is 7.48. The molecule has 1 saturated heterocycles. The molecule has 0 bridgehead atoms. The van der Waals surface area contributed by atoms with Crippen molar-refractivity contribution in [3.8, 4) is 0 Å². The summed E-state index contributed by atoms with van der Waals surface area (Å²) in [6, 6.07) is 15.4. The largest absolute Gasteiger partial charge is 0.367 e. The molecule has 0 radical (unpaired) electrons. The van der Waals surface area contributed by atoms with Gasteiger partial charge in [-0.15, -0.1) is 0 Å². The molecule has 122 valence electrons. The number of hydrogen-bond donors (Lipinski definition) is 1. The molecule has 1 heterocycles. The highest BCUT2D eigenvalue weighted by Gasteiger charge is 2.31. The number of carbonyl (C=O) groups is 1. The Morgan fingerprint density at radius 2 is 2.00 bits per heavy atom. The Balaban J connectivity index is 1.71. The van der Waals surface area contributed by atoms with E-state index in [2.05, 4.69) is 5.32 Å². The SMILES string of the molecule is Cc1ccc(NCN2C(=O)/C(=C/c3cccc(Cl)c3)SC2=S)cc1. The van der Waals surface area contributed by atoms with Crippen LogP contribution < -0.4 is 5.32 Å². The van der Waals surface area contributed by atoms with Gasteiger partial charge in [0.25, 0.3) is 5.91 Å². The molecule has 3 nitrogen and oxygen atoms in total. The summed E-state index contributed by atoms with van der Waals surface area (Å²) in [6.07, 6.45) is 1.82. The van der Waals surface area contributed by atoms with Crippen molar-refractivity contribution in [3.05, 3.63) is 69.6 Å². The van der Waals surface area contributed by atoms with Crippen LogP contribution in [-0.2, 0) is 4.79 Å². The van der Waals surface area contributed by atoms with Crippen LogP contribution in [0.15, 0.2) is 53.4 Å². The van der Waals surface area contributed by atoms with Gasteiger partial charge in [0.05, 0.1) is 11.6 Å². The van der Waals surface area contributed by atoms with Crippen molar-refractivity contribution in [2.45, 2.75) is 6.92 Å². The first-order valence-corrected chi connectivity index (χ1v) is 8.95. The van der Waals surface area contributed by atoms with E-state index in [9.17, 15) is 4.79 Å². The minimum absolute atomic E-state index is 0.0930. The first-order chi connectivity index (χ1) is 11.5. The lowest BCUT2D eigenvalue weighted by molar-refractivity contribution is -0.121. The second-order valence-electron chi connectivity index (χ2n) is 5.37. The summed E-state index contributed by atoms with van der Waals surface area (Å²) in [7, 11) is 0. The number of anilines is 1. The number of halogens is 1. The van der Waals surface area contributed by atoms with E-state index in [-0.39, 0.29) is 5.91 Å². The molecule has 24 heavy (non-hydrogen) atoms. The minimum atomic E-state index is -0.0930. The number of rotatable bonds is 4. The van der Waals surface area contributed by atoms with Crippen molar-refractivity contribution in [2.24, 2.45) is 0 Å². The van der Waals surface area contributed by atoms with Crippen molar-refractivity contribution >= 4 is 57.6 Å². The van der Waals surface area contributed by atoms with Crippen LogP contribution in [0.1, 0.15) is 11.1 Å². The Bertz CT molecular complexity index is 818. The fraction of sp³-hybridized carbons (Fsp3) is 0.111. The van der Waals surface area contributed by atoms with Crippen molar-refractivity contribution < 1.29 is 4.79 Å². The fourth-order valence-electron chi connectivity index (χ4n) is 2.23. The average molecular weight is 375 g/mol. The van der Waals surface area contributed by atoms with Crippen LogP contribution in [-0.4, -0.2) is 21.8 Å². The molecule has 2 aromatic rings. The molecule has 0 saturated carbocycles. The summed E-state index contributed by atoms with van der Waals surface area (Å²) in [6.45, 7) is 2.38. The number of amides is 1. The maximum absolute atomic E-state index is 12.6. The normalized spacial score (nSPS) is 16.1. The second kappa shape index (κ2) is 7.38. The third kappa shape index (κ3) is 3.98. The summed E-state index contributed by atoms with van der Waals surface area (Å²) < 4.78 is 0.549. The minimum Gasteiger partial charge on any atom is -0.367 e. The molecule has 0 atom stereocenters. The predicted octanol–water partition coefficient (Wildman–Crippen LogP) is 4.92. The first kappa shape index (κ1) is 17.0. The molecule has 0 spiro atoms. The maximum atomic E-state index is 12.6. The zero-order chi connectivity index (χ0) is 17.1. The Hall–Kier alpha value is -1.82. The van der Waals surface area contributed by atoms with Gasteiger partial charge in [-0.05, 0) is 42.8 Å². The Morgan fingerprint density at radius 1 is 1.25 bits per heavy atom. The van der Waals surface area contributed by atoms with Gasteiger partial charge in [-0.3, -0.25) is 9.69 Å². The van der Waals surface area contributed by atoms with Gasteiger partial charge in [0, 0.05) is 10.7 Å². The third-order valence-electron chi connectivity index (χ3n) is 3.51. The molecule has 1 aliphatic rings. The van der Waals surface area contributed by atoms with E-state index >= 15 is 0 Å². The molecule has 1 aliphatic heterocycles. The van der Waals surface area contributed by atoms with Crippen molar-refractivity contribution in [1.29, 1.82) is 0 Å². The summed E-state index contributed by atoms with van der Waals surface area (Å²) in [5, 5.41) is 3.86. The quantitative estimate of drug-likeness (QED) is 0.608. The Labute approximate surface area is 155 Å². The summed E-state index contributed by atoms with van der Waals surface area (Å²) >= 11 is 12.6. The smallest absolute Gasteiger partial charge is 0.267 e. The predicted molar refractivity (Wildman–Crippen MR) is 106 cm³/mol. The monoisotopic (exact) mass is 374 g/mol. The van der Waals surface area contributed by atoms with Crippen LogP contribution >= 0.6 is 35.6 Å². The standard InChI is InChI=1S/C18H15ClN2OS2/c1-12-5-7-15(8-6-12)20-11-21-17(22)16(24-18(21)23)10-13-3-2-4-14(19)9-13/h2-10,20H,11H2,1H3/b16-10-. The van der Waals surface area contributed by atoms with Crippen LogP contribution in [0.5, 0.6) is 0 Å². The average Bonchev–Trinajstić information content (AvgIpc) is 2.81. The highest BCUT2D eigenvalue weighted by Crippen LogP contribution is 2.32. The molecule has 0 aromatic heterocycles. The van der Waals surface area contributed by atoms with Gasteiger partial charge in [-0.2, -0.15) is 0 Å². The van der Waals surface area contributed by atoms with E-state index in [1.807, 2.05) is 55.5 Å². The first-order valence-electron chi connectivity index (χ1n) is 7.34. The summed E-state index contributed by atoms with van der Waals surface area (Å²) in [5.74, 6) is -0.0930. The topological polar surface area (TPSA) is 32.3 Å². The van der Waals surface area contributed by atoms with Gasteiger partial charge in [-0.1, -0.05) is 65.4 Å². The Morgan fingerprint density at radius 3 is 2.71 bits per heavy atom. The molecule has 2 aromatic carbocycles. The van der Waals surface area contributed by atoms with Gasteiger partial charge < -0.3 is 5.32 Å². The highest BCUT2D eigenvalue weighted by atomic mass is 35.5. The summed E-state index contributed by atoms with van der Waals surface area (Å²) in [5.41, 5.74) is 3.03. The van der Waals surface area contributed by atoms with Crippen LogP contribution in [0.4, 0.5) is 5.69 Å². The van der Waals surface area contributed by atoms with Crippen LogP contribution in [0.2, 0.25) is 5.02 Å². The number of aryl methyl sites for hydroxylation is 1. The van der Waals surface area contributed by atoms with E-state index in [1.165, 1.54) is 17.3 Å². The van der Waals surface area contributed by atoms with Gasteiger partial charge >= 0.3 is 0 Å². The molecular formula is C18H15ClN2OS2. The molecule has 1 amide bonds. The number of thioether (sulfide) groups is 1. The molecule has 1 fully saturated rings. The van der Waals surface area contributed by atoms with Crippen molar-refractivity contribution in [3.63, 3.8) is 0 Å². The molecule has 0 aliphatic carbocycles. The van der Waals surface area contributed by atoms with Crippen molar-refractivity contribution in [2.75, 3.05) is 12.0 Å². The zero-order valence-electron chi connectivity index (χ0n) is 13.0. The van der Waals surface area contributed by atoms with E-state index < -0.39 is 0 Å². The lowest BCUT2D eigenvalue weighted by Gasteiger charge is -2.16. The lowest BCUT2D eigenvalue weighted by Crippen LogP contribution is -2.33. The lowest BCUT2D eigenvalue weighted by atomic mass is 10.2. The molecule has 1 N–H and O–H groups in total. The number of thiocarbonyl (C=S) groups is 1. The van der Waals surface area contributed by atoms with E-state index in [0.29, 0.717) is 20.9 Å². The van der Waals surface area contributed by atoms with Crippen molar-refractivity contribution in [1.82, 2.24) is 4.90 Å².